The van der Waals surface area contributed by atoms with Crippen LogP contribution in [0.1, 0.15) is 33.6 Å². The predicted molar refractivity (Wildman–Crippen MR) is 172 cm³/mol. The van der Waals surface area contributed by atoms with Crippen LogP contribution in [-0.4, -0.2) is 9.55 Å². The van der Waals surface area contributed by atoms with Gasteiger partial charge in [-0.15, -0.1) is 0 Å². The Morgan fingerprint density at radius 2 is 1.05 bits per heavy atom. The number of aromatic nitrogens is 2. The summed E-state index contributed by atoms with van der Waals surface area (Å²) < 4.78 is 2.35. The Labute approximate surface area is 246 Å². The Bertz CT molecular complexity index is 1920. The maximum Gasteiger partial charge on any atom is 0.114 e. The summed E-state index contributed by atoms with van der Waals surface area (Å²) in [5.41, 5.74) is 11.7. The van der Waals surface area contributed by atoms with E-state index in [0.717, 1.165) is 24.2 Å². The monoisotopic (exact) mass is 538 g/mol. The summed E-state index contributed by atoms with van der Waals surface area (Å²) in [5, 5.41) is 0. The quantitative estimate of drug-likeness (QED) is 0.200. The van der Waals surface area contributed by atoms with Gasteiger partial charge in [0.25, 0.3) is 0 Å². The van der Waals surface area contributed by atoms with Crippen molar-refractivity contribution in [1.29, 1.82) is 0 Å². The highest BCUT2D eigenvalue weighted by atomic mass is 15.1. The molecule has 6 aromatic carbocycles. The molecule has 0 saturated carbocycles. The molecule has 7 aromatic rings. The topological polar surface area (TPSA) is 17.8 Å². The molecular formula is C40H30N2. The summed E-state index contributed by atoms with van der Waals surface area (Å²) >= 11 is 0. The third-order valence-electron chi connectivity index (χ3n) is 8.82. The fourth-order valence-corrected chi connectivity index (χ4v) is 6.93. The average molecular weight is 539 g/mol. The van der Waals surface area contributed by atoms with Crippen LogP contribution in [0.25, 0.3) is 27.8 Å². The summed E-state index contributed by atoms with van der Waals surface area (Å²) in [6.07, 6.45) is 2.00. The lowest BCUT2D eigenvalue weighted by molar-refractivity contribution is 0.745. The second-order valence-corrected chi connectivity index (χ2v) is 11.1. The molecule has 2 heteroatoms. The van der Waals surface area contributed by atoms with Gasteiger partial charge in [-0.05, 0) is 69.6 Å². The Balaban J connectivity index is 1.32. The molecule has 0 atom stereocenters. The van der Waals surface area contributed by atoms with Crippen molar-refractivity contribution >= 4 is 11.0 Å². The minimum absolute atomic E-state index is 0.471. The number of benzene rings is 6. The van der Waals surface area contributed by atoms with Gasteiger partial charge in [0.2, 0.25) is 0 Å². The van der Waals surface area contributed by atoms with E-state index in [1.54, 1.807) is 0 Å². The molecule has 0 unspecified atom stereocenters. The van der Waals surface area contributed by atoms with E-state index in [9.17, 15) is 0 Å². The van der Waals surface area contributed by atoms with Crippen LogP contribution in [0.3, 0.4) is 0 Å². The number of fused-ring (bicyclic) bond motifs is 5. The van der Waals surface area contributed by atoms with E-state index in [1.165, 1.54) is 50.1 Å². The normalized spacial score (nSPS) is 12.6. The van der Waals surface area contributed by atoms with Crippen LogP contribution in [0, 0.1) is 0 Å². The summed E-state index contributed by atoms with van der Waals surface area (Å²) in [5.74, 6) is 1.14. The van der Waals surface area contributed by atoms with Crippen LogP contribution in [0.2, 0.25) is 0 Å². The first-order valence-electron chi connectivity index (χ1n) is 14.7. The number of aryl methyl sites for hydroxylation is 2. The van der Waals surface area contributed by atoms with Crippen molar-refractivity contribution in [3.63, 3.8) is 0 Å². The minimum Gasteiger partial charge on any atom is -0.296 e. The molecule has 0 aliphatic carbocycles. The average Bonchev–Trinajstić information content (AvgIpc) is 3.45. The van der Waals surface area contributed by atoms with E-state index in [-0.39, 0.29) is 0 Å². The van der Waals surface area contributed by atoms with Gasteiger partial charge in [-0.1, -0.05) is 133 Å². The molecule has 42 heavy (non-hydrogen) atoms. The Morgan fingerprint density at radius 1 is 0.476 bits per heavy atom. The van der Waals surface area contributed by atoms with Crippen molar-refractivity contribution in [2.24, 2.45) is 0 Å². The Kier molecular flexibility index (Phi) is 5.86. The van der Waals surface area contributed by atoms with Crippen molar-refractivity contribution in [2.45, 2.75) is 18.3 Å². The van der Waals surface area contributed by atoms with E-state index >= 15 is 0 Å². The zero-order chi connectivity index (χ0) is 27.9. The molecule has 0 spiro atoms. The van der Waals surface area contributed by atoms with Gasteiger partial charge in [0.15, 0.2) is 0 Å². The van der Waals surface area contributed by atoms with Crippen molar-refractivity contribution < 1.29 is 0 Å². The SMILES string of the molecule is c1ccc(C(c2ccccc2)(c2ccccc2)c2cccc(-c3ccc4c(c3)nc3n4-c4ccccc4CC3)c2)cc1. The molecule has 1 aliphatic rings. The van der Waals surface area contributed by atoms with Crippen molar-refractivity contribution in [3.8, 4) is 16.8 Å². The maximum atomic E-state index is 5.12. The van der Waals surface area contributed by atoms with Crippen LogP contribution in [0.5, 0.6) is 0 Å². The number of hydrogen-bond acceptors (Lipinski definition) is 1. The fourth-order valence-electron chi connectivity index (χ4n) is 6.93. The lowest BCUT2D eigenvalue weighted by Crippen LogP contribution is -2.31. The van der Waals surface area contributed by atoms with Crippen molar-refractivity contribution in [1.82, 2.24) is 9.55 Å². The molecule has 0 fully saturated rings. The molecule has 0 bridgehead atoms. The summed E-state index contributed by atoms with van der Waals surface area (Å²) in [7, 11) is 0. The highest BCUT2D eigenvalue weighted by Gasteiger charge is 2.38. The third kappa shape index (κ3) is 3.83. The zero-order valence-electron chi connectivity index (χ0n) is 23.3. The maximum absolute atomic E-state index is 5.12. The van der Waals surface area contributed by atoms with Crippen LogP contribution < -0.4 is 0 Å². The number of para-hydroxylation sites is 1. The first-order valence-corrected chi connectivity index (χ1v) is 14.7. The first kappa shape index (κ1) is 24.6. The highest BCUT2D eigenvalue weighted by molar-refractivity contribution is 5.85. The largest absolute Gasteiger partial charge is 0.296 e. The zero-order valence-corrected chi connectivity index (χ0v) is 23.3. The van der Waals surface area contributed by atoms with Gasteiger partial charge in [-0.3, -0.25) is 4.57 Å². The van der Waals surface area contributed by atoms with Gasteiger partial charge in [0.1, 0.15) is 5.82 Å². The van der Waals surface area contributed by atoms with Gasteiger partial charge in [-0.25, -0.2) is 4.98 Å². The number of rotatable bonds is 5. The number of nitrogens with zero attached hydrogens (tertiary/aromatic N) is 2. The molecule has 200 valence electrons. The smallest absolute Gasteiger partial charge is 0.114 e. The number of imidazole rings is 1. The van der Waals surface area contributed by atoms with E-state index in [1.807, 2.05) is 0 Å². The van der Waals surface area contributed by atoms with Gasteiger partial charge in [0.05, 0.1) is 22.1 Å². The van der Waals surface area contributed by atoms with Gasteiger partial charge in [-0.2, -0.15) is 0 Å². The molecule has 0 radical (unpaired) electrons. The molecule has 2 nitrogen and oxygen atoms in total. The number of hydrogen-bond donors (Lipinski definition) is 0. The standard InChI is InChI=1S/C40H30N2/c1-4-15-32(16-5-1)40(33-17-6-2-7-18-33,34-19-8-3-9-20-34)35-21-12-14-30(27-35)31-23-25-38-36(28-31)41-39-26-24-29-13-10-11-22-37(29)42(38)39/h1-23,25,27-28H,24,26H2. The third-order valence-corrected chi connectivity index (χ3v) is 8.82. The molecule has 1 aliphatic heterocycles. The Morgan fingerprint density at radius 3 is 1.71 bits per heavy atom. The van der Waals surface area contributed by atoms with Crippen LogP contribution in [-0.2, 0) is 18.3 Å². The van der Waals surface area contributed by atoms with E-state index < -0.39 is 5.41 Å². The van der Waals surface area contributed by atoms with E-state index in [2.05, 4.69) is 162 Å². The second-order valence-electron chi connectivity index (χ2n) is 11.1. The predicted octanol–water partition coefficient (Wildman–Crippen LogP) is 9.17. The summed E-state index contributed by atoms with van der Waals surface area (Å²) in [6.45, 7) is 0. The lowest BCUT2D eigenvalue weighted by atomic mass is 9.65. The molecule has 0 N–H and O–H groups in total. The van der Waals surface area contributed by atoms with Crippen LogP contribution >= 0.6 is 0 Å². The molecule has 0 saturated heterocycles. The van der Waals surface area contributed by atoms with E-state index in [4.69, 9.17) is 4.98 Å². The Hall–Kier alpha value is -5.21. The van der Waals surface area contributed by atoms with Gasteiger partial charge >= 0.3 is 0 Å². The second kappa shape index (κ2) is 10.0. The van der Waals surface area contributed by atoms with Crippen LogP contribution in [0.15, 0.2) is 158 Å². The molecular weight excluding hydrogens is 508 g/mol. The van der Waals surface area contributed by atoms with E-state index in [0.29, 0.717) is 0 Å². The molecule has 2 heterocycles. The molecule has 1 aromatic heterocycles. The van der Waals surface area contributed by atoms with Gasteiger partial charge < -0.3 is 0 Å². The van der Waals surface area contributed by atoms with Gasteiger partial charge in [0, 0.05) is 6.42 Å². The summed E-state index contributed by atoms with van der Waals surface area (Å²) in [6, 6.07) is 57.2. The fraction of sp³-hybridized carbons (Fsp3) is 0.0750. The summed E-state index contributed by atoms with van der Waals surface area (Å²) in [4.78, 5) is 5.12. The lowest BCUT2D eigenvalue weighted by Gasteiger charge is -2.37. The first-order chi connectivity index (χ1) is 20.8. The van der Waals surface area contributed by atoms with Crippen LogP contribution in [0.4, 0.5) is 0 Å². The molecule has 8 rings (SSSR count). The van der Waals surface area contributed by atoms with Crippen molar-refractivity contribution in [2.75, 3.05) is 0 Å². The van der Waals surface area contributed by atoms with Crippen molar-refractivity contribution in [3.05, 3.63) is 191 Å². The highest BCUT2D eigenvalue weighted by Crippen LogP contribution is 2.46. The minimum atomic E-state index is -0.471. The molecule has 0 amide bonds.